The van der Waals surface area contributed by atoms with Gasteiger partial charge in [0.05, 0.1) is 0 Å². The molecule has 0 unspecified atom stereocenters. The highest BCUT2D eigenvalue weighted by molar-refractivity contribution is 5.79. The quantitative estimate of drug-likeness (QED) is 0.539. The molecule has 0 atom stereocenters. The van der Waals surface area contributed by atoms with Crippen molar-refractivity contribution >= 4 is 5.91 Å². The van der Waals surface area contributed by atoms with E-state index in [0.29, 0.717) is 0 Å². The molecule has 56 valence electrons. The number of rotatable bonds is 1. The lowest BCUT2D eigenvalue weighted by Gasteiger charge is -2.14. The van der Waals surface area contributed by atoms with E-state index >= 15 is 0 Å². The summed E-state index contributed by atoms with van der Waals surface area (Å²) in [5, 5.41) is 0. The lowest BCUT2D eigenvalue weighted by atomic mass is 10.4. The molecular weight excluding hydrogens is 126 g/mol. The van der Waals surface area contributed by atoms with Gasteiger partial charge in [0.15, 0.2) is 0 Å². The summed E-state index contributed by atoms with van der Waals surface area (Å²) < 4.78 is 0. The van der Waals surface area contributed by atoms with Gasteiger partial charge in [-0.1, -0.05) is 6.08 Å². The number of nitrogens with zero attached hydrogens (tertiary/aromatic N) is 1. The van der Waals surface area contributed by atoms with E-state index in [4.69, 9.17) is 0 Å². The van der Waals surface area contributed by atoms with Crippen LogP contribution in [0.2, 0.25) is 0 Å². The second-order valence-electron chi connectivity index (χ2n) is 2.58. The van der Waals surface area contributed by atoms with Gasteiger partial charge in [0.2, 0.25) is 5.91 Å². The van der Waals surface area contributed by atoms with Crippen LogP contribution in [0.25, 0.3) is 0 Å². The standard InChI is InChI=1S/C8H13NO/c1-3-7(2)9-6-4-5-8(9)10/h3H,4-6H2,1-2H3. The van der Waals surface area contributed by atoms with Crippen LogP contribution < -0.4 is 0 Å². The first-order valence-corrected chi connectivity index (χ1v) is 3.69. The number of allylic oxidation sites excluding steroid dienone is 2. The topological polar surface area (TPSA) is 20.3 Å². The van der Waals surface area contributed by atoms with Crippen molar-refractivity contribution in [2.24, 2.45) is 0 Å². The van der Waals surface area contributed by atoms with Gasteiger partial charge in [-0.15, -0.1) is 0 Å². The third kappa shape index (κ3) is 1.20. The molecule has 1 aliphatic heterocycles. The van der Waals surface area contributed by atoms with Crippen molar-refractivity contribution in [3.8, 4) is 0 Å². The molecule has 0 aliphatic carbocycles. The van der Waals surface area contributed by atoms with Crippen molar-refractivity contribution in [3.63, 3.8) is 0 Å². The van der Waals surface area contributed by atoms with E-state index in [9.17, 15) is 4.79 Å². The highest BCUT2D eigenvalue weighted by Crippen LogP contribution is 2.14. The average molecular weight is 139 g/mol. The number of likely N-dealkylation sites (tertiary alicyclic amines) is 1. The van der Waals surface area contributed by atoms with Gasteiger partial charge in [-0.2, -0.15) is 0 Å². The van der Waals surface area contributed by atoms with Crippen molar-refractivity contribution in [1.82, 2.24) is 4.90 Å². The maximum Gasteiger partial charge on any atom is 0.226 e. The normalized spacial score (nSPS) is 20.4. The Morgan fingerprint density at radius 3 is 2.80 bits per heavy atom. The monoisotopic (exact) mass is 139 g/mol. The number of amides is 1. The van der Waals surface area contributed by atoms with E-state index in [1.54, 1.807) is 0 Å². The third-order valence-electron chi connectivity index (χ3n) is 1.92. The highest BCUT2D eigenvalue weighted by atomic mass is 16.2. The first-order chi connectivity index (χ1) is 4.75. The highest BCUT2D eigenvalue weighted by Gasteiger charge is 2.20. The molecular formula is C8H13NO. The summed E-state index contributed by atoms with van der Waals surface area (Å²) in [6, 6.07) is 0. The van der Waals surface area contributed by atoms with Gasteiger partial charge >= 0.3 is 0 Å². The predicted molar refractivity (Wildman–Crippen MR) is 40.4 cm³/mol. The second kappa shape index (κ2) is 2.86. The minimum atomic E-state index is 0.274. The van der Waals surface area contributed by atoms with Crippen LogP contribution in [-0.2, 0) is 4.79 Å². The van der Waals surface area contributed by atoms with Crippen molar-refractivity contribution in [2.75, 3.05) is 6.54 Å². The Hall–Kier alpha value is -0.790. The van der Waals surface area contributed by atoms with Crippen LogP contribution in [0, 0.1) is 0 Å². The molecule has 0 bridgehead atoms. The van der Waals surface area contributed by atoms with E-state index in [-0.39, 0.29) is 5.91 Å². The van der Waals surface area contributed by atoms with Gasteiger partial charge in [0.25, 0.3) is 0 Å². The first kappa shape index (κ1) is 7.32. The molecule has 1 amide bonds. The SMILES string of the molecule is CC=C(C)N1CCCC1=O. The van der Waals surface area contributed by atoms with Crippen LogP contribution in [-0.4, -0.2) is 17.4 Å². The molecule has 0 aromatic carbocycles. The van der Waals surface area contributed by atoms with Gasteiger partial charge < -0.3 is 4.90 Å². The fourth-order valence-electron chi connectivity index (χ4n) is 1.18. The molecule has 0 aromatic rings. The molecule has 2 nitrogen and oxygen atoms in total. The van der Waals surface area contributed by atoms with Crippen molar-refractivity contribution in [2.45, 2.75) is 26.7 Å². The number of carbonyl (C=O) groups is 1. The molecule has 2 heteroatoms. The van der Waals surface area contributed by atoms with Crippen molar-refractivity contribution in [3.05, 3.63) is 11.8 Å². The van der Waals surface area contributed by atoms with Gasteiger partial charge in [-0.05, 0) is 20.3 Å². The van der Waals surface area contributed by atoms with Crippen LogP contribution in [0.15, 0.2) is 11.8 Å². The van der Waals surface area contributed by atoms with Gasteiger partial charge in [-0.3, -0.25) is 4.79 Å². The maximum absolute atomic E-state index is 11.1. The van der Waals surface area contributed by atoms with Crippen molar-refractivity contribution in [1.29, 1.82) is 0 Å². The van der Waals surface area contributed by atoms with E-state index in [2.05, 4.69) is 0 Å². The third-order valence-corrected chi connectivity index (χ3v) is 1.92. The maximum atomic E-state index is 11.1. The number of hydrogen-bond donors (Lipinski definition) is 0. The first-order valence-electron chi connectivity index (χ1n) is 3.69. The Labute approximate surface area is 61.5 Å². The summed E-state index contributed by atoms with van der Waals surface area (Å²) >= 11 is 0. The molecule has 1 fully saturated rings. The molecule has 0 saturated carbocycles. The summed E-state index contributed by atoms with van der Waals surface area (Å²) in [6.45, 7) is 4.85. The van der Waals surface area contributed by atoms with Crippen LogP contribution in [0.4, 0.5) is 0 Å². The minimum absolute atomic E-state index is 0.274. The molecule has 1 aliphatic rings. The van der Waals surface area contributed by atoms with Crippen LogP contribution in [0.5, 0.6) is 0 Å². The fourth-order valence-corrected chi connectivity index (χ4v) is 1.18. The zero-order valence-corrected chi connectivity index (χ0v) is 6.55. The van der Waals surface area contributed by atoms with E-state index in [0.717, 1.165) is 25.1 Å². The molecule has 0 N–H and O–H groups in total. The molecule has 0 aromatic heterocycles. The lowest BCUT2D eigenvalue weighted by Crippen LogP contribution is -2.21. The predicted octanol–water partition coefficient (Wildman–Crippen LogP) is 1.53. The summed E-state index contributed by atoms with van der Waals surface area (Å²) in [4.78, 5) is 12.9. The molecule has 0 spiro atoms. The smallest absolute Gasteiger partial charge is 0.226 e. The summed E-state index contributed by atoms with van der Waals surface area (Å²) in [5.41, 5.74) is 1.09. The number of carbonyl (C=O) groups excluding carboxylic acids is 1. The fraction of sp³-hybridized carbons (Fsp3) is 0.625. The Morgan fingerprint density at radius 1 is 1.70 bits per heavy atom. The Kier molecular flexibility index (Phi) is 2.10. The second-order valence-corrected chi connectivity index (χ2v) is 2.58. The van der Waals surface area contributed by atoms with E-state index < -0.39 is 0 Å². The summed E-state index contributed by atoms with van der Waals surface area (Å²) in [6.07, 6.45) is 3.72. The van der Waals surface area contributed by atoms with Crippen LogP contribution in [0.1, 0.15) is 26.7 Å². The zero-order chi connectivity index (χ0) is 7.56. The molecule has 0 radical (unpaired) electrons. The minimum Gasteiger partial charge on any atom is -0.317 e. The van der Waals surface area contributed by atoms with E-state index in [1.807, 2.05) is 24.8 Å². The lowest BCUT2D eigenvalue weighted by molar-refractivity contribution is -0.126. The largest absolute Gasteiger partial charge is 0.317 e. The Morgan fingerprint density at radius 2 is 2.40 bits per heavy atom. The van der Waals surface area contributed by atoms with Gasteiger partial charge in [0.1, 0.15) is 0 Å². The number of hydrogen-bond acceptors (Lipinski definition) is 1. The summed E-state index contributed by atoms with van der Waals surface area (Å²) in [7, 11) is 0. The van der Waals surface area contributed by atoms with E-state index in [1.165, 1.54) is 0 Å². The molecule has 1 rings (SSSR count). The average Bonchev–Trinajstić information content (AvgIpc) is 2.34. The van der Waals surface area contributed by atoms with Gasteiger partial charge in [0, 0.05) is 18.7 Å². The molecule has 1 heterocycles. The molecule has 1 saturated heterocycles. The zero-order valence-electron chi connectivity index (χ0n) is 6.55. The van der Waals surface area contributed by atoms with Gasteiger partial charge in [-0.25, -0.2) is 0 Å². The Bertz CT molecular complexity index is 172. The van der Waals surface area contributed by atoms with Crippen molar-refractivity contribution < 1.29 is 4.79 Å². The van der Waals surface area contributed by atoms with Crippen LogP contribution >= 0.6 is 0 Å². The Balaban J connectivity index is 2.64. The summed E-state index contributed by atoms with van der Waals surface area (Å²) in [5.74, 6) is 0.274. The molecule has 10 heavy (non-hydrogen) atoms. The van der Waals surface area contributed by atoms with Crippen LogP contribution in [0.3, 0.4) is 0 Å².